The molecule has 1 N–H and O–H groups in total. The van der Waals surface area contributed by atoms with Crippen molar-refractivity contribution >= 4 is 5.91 Å². The first-order chi connectivity index (χ1) is 16.3. The Hall–Kier alpha value is -3.23. The lowest BCUT2D eigenvalue weighted by Crippen LogP contribution is -2.25. The number of carbonyl (C=O) groups excluding carboxylic acids is 1. The molecule has 2 heterocycles. The van der Waals surface area contributed by atoms with Gasteiger partial charge < -0.3 is 14.5 Å². The SMILES string of the molecule is CCCc1ccc(OCc2ccc(C(=O)NCCCn3nc(C(F)(F)F)cc3C3CC3)o2)cc1. The van der Waals surface area contributed by atoms with Crippen LogP contribution in [0.5, 0.6) is 5.75 Å². The zero-order chi connectivity index (χ0) is 24.1. The van der Waals surface area contributed by atoms with E-state index < -0.39 is 11.9 Å². The van der Waals surface area contributed by atoms with Crippen molar-refractivity contribution in [1.29, 1.82) is 0 Å². The number of halogens is 3. The van der Waals surface area contributed by atoms with Gasteiger partial charge in [-0.05, 0) is 61.6 Å². The third-order valence-electron chi connectivity index (χ3n) is 5.66. The Balaban J connectivity index is 1.22. The maximum absolute atomic E-state index is 13.0. The molecule has 0 radical (unpaired) electrons. The number of furan rings is 1. The second kappa shape index (κ2) is 10.4. The molecule has 6 nitrogen and oxygen atoms in total. The van der Waals surface area contributed by atoms with Crippen LogP contribution in [0.4, 0.5) is 13.2 Å². The van der Waals surface area contributed by atoms with Crippen LogP contribution in [0.2, 0.25) is 0 Å². The summed E-state index contributed by atoms with van der Waals surface area (Å²) in [4.78, 5) is 12.3. The molecule has 0 bridgehead atoms. The van der Waals surface area contributed by atoms with Crippen LogP contribution in [-0.4, -0.2) is 22.2 Å². The van der Waals surface area contributed by atoms with Gasteiger partial charge in [0.1, 0.15) is 18.1 Å². The highest BCUT2D eigenvalue weighted by Gasteiger charge is 2.37. The molecule has 1 fully saturated rings. The highest BCUT2D eigenvalue weighted by molar-refractivity contribution is 5.91. The number of carbonyl (C=O) groups is 1. The summed E-state index contributed by atoms with van der Waals surface area (Å²) < 4.78 is 51.7. The van der Waals surface area contributed by atoms with Crippen LogP contribution < -0.4 is 10.1 Å². The summed E-state index contributed by atoms with van der Waals surface area (Å²) in [5.74, 6) is 1.17. The molecule has 1 saturated carbocycles. The number of aryl methyl sites for hydroxylation is 2. The molecule has 1 aliphatic rings. The molecule has 182 valence electrons. The van der Waals surface area contributed by atoms with Gasteiger partial charge in [-0.2, -0.15) is 18.3 Å². The normalized spacial score (nSPS) is 13.8. The molecule has 9 heteroatoms. The molecule has 0 spiro atoms. The number of aromatic nitrogens is 2. The fourth-order valence-corrected chi connectivity index (χ4v) is 3.75. The molecule has 0 saturated heterocycles. The minimum Gasteiger partial charge on any atom is -0.486 e. The third kappa shape index (κ3) is 6.21. The Morgan fingerprint density at radius 2 is 1.97 bits per heavy atom. The number of amides is 1. The average Bonchev–Trinajstić information content (AvgIpc) is 3.37. The number of benzene rings is 1. The van der Waals surface area contributed by atoms with Crippen LogP contribution in [0.1, 0.15) is 71.8 Å². The van der Waals surface area contributed by atoms with E-state index in [9.17, 15) is 18.0 Å². The molecule has 1 aliphatic carbocycles. The van der Waals surface area contributed by atoms with Crippen LogP contribution in [0, 0.1) is 0 Å². The van der Waals surface area contributed by atoms with Crippen molar-refractivity contribution in [2.45, 2.75) is 64.3 Å². The van der Waals surface area contributed by atoms with Crippen LogP contribution >= 0.6 is 0 Å². The van der Waals surface area contributed by atoms with E-state index in [1.807, 2.05) is 24.3 Å². The summed E-state index contributed by atoms with van der Waals surface area (Å²) in [5.41, 5.74) is 1.01. The number of nitrogens with one attached hydrogen (secondary N) is 1. The number of alkyl halides is 3. The van der Waals surface area contributed by atoms with Crippen LogP contribution in [-0.2, 0) is 25.7 Å². The highest BCUT2D eigenvalue weighted by Crippen LogP contribution is 2.42. The lowest BCUT2D eigenvalue weighted by molar-refractivity contribution is -0.141. The summed E-state index contributed by atoms with van der Waals surface area (Å²) in [6.45, 7) is 2.93. The van der Waals surface area contributed by atoms with Gasteiger partial charge in [0.15, 0.2) is 11.5 Å². The Morgan fingerprint density at radius 1 is 1.21 bits per heavy atom. The van der Waals surface area contributed by atoms with Crippen molar-refractivity contribution in [2.24, 2.45) is 0 Å². The van der Waals surface area contributed by atoms with Gasteiger partial charge in [-0.3, -0.25) is 9.48 Å². The third-order valence-corrected chi connectivity index (χ3v) is 5.66. The first kappa shape index (κ1) is 23.9. The van der Waals surface area contributed by atoms with Gasteiger partial charge in [0.05, 0.1) is 0 Å². The molecule has 1 amide bonds. The van der Waals surface area contributed by atoms with Gasteiger partial charge in [-0.25, -0.2) is 0 Å². The summed E-state index contributed by atoms with van der Waals surface area (Å²) in [6.07, 6.45) is -0.128. The van der Waals surface area contributed by atoms with E-state index in [-0.39, 0.29) is 24.2 Å². The van der Waals surface area contributed by atoms with E-state index in [1.165, 1.54) is 10.2 Å². The van der Waals surface area contributed by atoms with Crippen molar-refractivity contribution in [3.63, 3.8) is 0 Å². The number of ether oxygens (including phenoxy) is 1. The Bertz CT molecular complexity index is 1100. The predicted octanol–water partition coefficient (Wildman–Crippen LogP) is 5.72. The van der Waals surface area contributed by atoms with Gasteiger partial charge in [0.25, 0.3) is 5.91 Å². The topological polar surface area (TPSA) is 69.3 Å². The predicted molar refractivity (Wildman–Crippen MR) is 120 cm³/mol. The van der Waals surface area contributed by atoms with E-state index in [2.05, 4.69) is 17.3 Å². The van der Waals surface area contributed by atoms with E-state index in [0.717, 1.165) is 37.5 Å². The Labute approximate surface area is 196 Å². The maximum Gasteiger partial charge on any atom is 0.435 e. The van der Waals surface area contributed by atoms with Crippen molar-refractivity contribution in [3.05, 3.63) is 70.9 Å². The monoisotopic (exact) mass is 475 g/mol. The average molecular weight is 476 g/mol. The summed E-state index contributed by atoms with van der Waals surface area (Å²) in [6, 6.07) is 12.3. The van der Waals surface area contributed by atoms with Gasteiger partial charge in [-0.1, -0.05) is 25.5 Å². The van der Waals surface area contributed by atoms with Crippen molar-refractivity contribution < 1.29 is 27.1 Å². The molecule has 4 rings (SSSR count). The summed E-state index contributed by atoms with van der Waals surface area (Å²) in [5, 5.41) is 6.47. The van der Waals surface area contributed by atoms with Crippen LogP contribution in [0.15, 0.2) is 46.9 Å². The first-order valence-corrected chi connectivity index (χ1v) is 11.6. The van der Waals surface area contributed by atoms with E-state index in [4.69, 9.17) is 9.15 Å². The standard InChI is InChI=1S/C25H28F3N3O3/c1-2-4-17-5-9-19(10-6-17)33-16-20-11-12-22(34-20)24(32)29-13-3-14-31-21(18-7-8-18)15-23(30-31)25(26,27)28/h5-6,9-12,15,18H,2-4,7-8,13-14,16H2,1H3,(H,29,32). The fourth-order valence-electron chi connectivity index (χ4n) is 3.75. The van der Waals surface area contributed by atoms with Crippen LogP contribution in [0.25, 0.3) is 0 Å². The molecule has 34 heavy (non-hydrogen) atoms. The van der Waals surface area contributed by atoms with E-state index in [1.54, 1.807) is 12.1 Å². The smallest absolute Gasteiger partial charge is 0.435 e. The summed E-state index contributed by atoms with van der Waals surface area (Å²) >= 11 is 0. The molecule has 0 aliphatic heterocycles. The van der Waals surface area contributed by atoms with Gasteiger partial charge in [0, 0.05) is 24.7 Å². The van der Waals surface area contributed by atoms with Crippen molar-refractivity contribution in [1.82, 2.24) is 15.1 Å². The molecule has 2 aromatic heterocycles. The lowest BCUT2D eigenvalue weighted by atomic mass is 10.1. The van der Waals surface area contributed by atoms with E-state index in [0.29, 0.717) is 31.0 Å². The lowest BCUT2D eigenvalue weighted by Gasteiger charge is -2.07. The first-order valence-electron chi connectivity index (χ1n) is 11.6. The quantitative estimate of drug-likeness (QED) is 0.360. The minimum absolute atomic E-state index is 0.149. The van der Waals surface area contributed by atoms with Gasteiger partial charge in [0.2, 0.25) is 0 Å². The van der Waals surface area contributed by atoms with Crippen molar-refractivity contribution in [2.75, 3.05) is 6.54 Å². The zero-order valence-electron chi connectivity index (χ0n) is 19.0. The number of hydrogen-bond donors (Lipinski definition) is 1. The number of hydrogen-bond acceptors (Lipinski definition) is 4. The minimum atomic E-state index is -4.46. The largest absolute Gasteiger partial charge is 0.486 e. The van der Waals surface area contributed by atoms with Crippen molar-refractivity contribution in [3.8, 4) is 5.75 Å². The van der Waals surface area contributed by atoms with E-state index >= 15 is 0 Å². The number of rotatable bonds is 11. The molecule has 0 unspecified atom stereocenters. The molecular weight excluding hydrogens is 447 g/mol. The summed E-state index contributed by atoms with van der Waals surface area (Å²) in [7, 11) is 0. The van der Waals surface area contributed by atoms with Gasteiger partial charge >= 0.3 is 6.18 Å². The fraction of sp³-hybridized carbons (Fsp3) is 0.440. The number of nitrogens with zero attached hydrogens (tertiary/aromatic N) is 2. The molecular formula is C25H28F3N3O3. The highest BCUT2D eigenvalue weighted by atomic mass is 19.4. The maximum atomic E-state index is 13.0. The second-order valence-electron chi connectivity index (χ2n) is 8.51. The molecule has 0 atom stereocenters. The second-order valence-corrected chi connectivity index (χ2v) is 8.51. The zero-order valence-corrected chi connectivity index (χ0v) is 19.0. The Morgan fingerprint density at radius 3 is 2.65 bits per heavy atom. The molecule has 3 aromatic rings. The molecule has 1 aromatic carbocycles. The Kier molecular flexibility index (Phi) is 7.29. The van der Waals surface area contributed by atoms with Crippen LogP contribution in [0.3, 0.4) is 0 Å². The van der Waals surface area contributed by atoms with Gasteiger partial charge in [-0.15, -0.1) is 0 Å².